The number of nitrogens with zero attached hydrogens (tertiary/aromatic N) is 2. The molecule has 0 saturated carbocycles. The smallest absolute Gasteiger partial charge is 0.271 e. The van der Waals surface area contributed by atoms with E-state index in [1.807, 2.05) is 6.92 Å². The van der Waals surface area contributed by atoms with E-state index in [0.717, 1.165) is 13.1 Å². The van der Waals surface area contributed by atoms with Crippen LogP contribution in [0.4, 0.5) is 0 Å². The number of carbonyl (C=O) groups is 1. The molecular weight excluding hydrogens is 362 g/mol. The Morgan fingerprint density at radius 1 is 1.22 bits per heavy atom. The lowest BCUT2D eigenvalue weighted by atomic mass is 10.0. The molecule has 0 spiro atoms. The molecule has 0 aliphatic carbocycles. The molecule has 1 aliphatic rings. The standard InChI is InChI=1S/C21H26ClN3O2/c1-3-27-19-11-10-17(22)20(24-19)21(26)23-14-18(25-12-4-5-13-25)16-8-6-15(2)7-9-16/h6-11,18H,3-5,12-14H2,1-2H3,(H,23,26). The van der Waals surface area contributed by atoms with Crippen LogP contribution >= 0.6 is 11.6 Å². The Kier molecular flexibility index (Phi) is 6.69. The topological polar surface area (TPSA) is 54.5 Å². The number of nitrogens with one attached hydrogen (secondary N) is 1. The Hall–Kier alpha value is -2.11. The van der Waals surface area contributed by atoms with Crippen molar-refractivity contribution < 1.29 is 9.53 Å². The number of benzene rings is 1. The molecule has 1 aliphatic heterocycles. The van der Waals surface area contributed by atoms with E-state index in [1.165, 1.54) is 24.0 Å². The molecule has 144 valence electrons. The number of hydrogen-bond acceptors (Lipinski definition) is 4. The van der Waals surface area contributed by atoms with Gasteiger partial charge in [0.15, 0.2) is 5.69 Å². The van der Waals surface area contributed by atoms with Gasteiger partial charge in [-0.1, -0.05) is 41.4 Å². The SMILES string of the molecule is CCOc1ccc(Cl)c(C(=O)NCC(c2ccc(C)cc2)N2CCCC2)n1. The normalized spacial score (nSPS) is 15.5. The van der Waals surface area contributed by atoms with Crippen molar-refractivity contribution in [2.45, 2.75) is 32.7 Å². The predicted octanol–water partition coefficient (Wildman–Crippen LogP) is 4.01. The second kappa shape index (κ2) is 9.20. The fourth-order valence-corrected chi connectivity index (χ4v) is 3.58. The summed E-state index contributed by atoms with van der Waals surface area (Å²) in [6.07, 6.45) is 2.39. The maximum absolute atomic E-state index is 12.7. The monoisotopic (exact) mass is 387 g/mol. The third-order valence-corrected chi connectivity index (χ3v) is 5.13. The zero-order chi connectivity index (χ0) is 19.2. The molecule has 1 fully saturated rings. The van der Waals surface area contributed by atoms with Gasteiger partial charge in [0.25, 0.3) is 5.91 Å². The number of hydrogen-bond donors (Lipinski definition) is 1. The number of likely N-dealkylation sites (tertiary alicyclic amines) is 1. The summed E-state index contributed by atoms with van der Waals surface area (Å²) in [5.41, 5.74) is 2.64. The minimum atomic E-state index is -0.280. The lowest BCUT2D eigenvalue weighted by Gasteiger charge is -2.28. The van der Waals surface area contributed by atoms with Gasteiger partial charge in [-0.25, -0.2) is 4.98 Å². The van der Waals surface area contributed by atoms with Crippen LogP contribution in [-0.2, 0) is 0 Å². The van der Waals surface area contributed by atoms with E-state index in [1.54, 1.807) is 12.1 Å². The number of rotatable bonds is 7. The van der Waals surface area contributed by atoms with Gasteiger partial charge in [0.1, 0.15) is 0 Å². The van der Waals surface area contributed by atoms with Crippen LogP contribution in [0.15, 0.2) is 36.4 Å². The summed E-state index contributed by atoms with van der Waals surface area (Å²) in [6, 6.07) is 12.0. The van der Waals surface area contributed by atoms with Crippen LogP contribution in [0, 0.1) is 6.92 Å². The summed E-state index contributed by atoms with van der Waals surface area (Å²) >= 11 is 6.18. The van der Waals surface area contributed by atoms with E-state index in [4.69, 9.17) is 16.3 Å². The Morgan fingerprint density at radius 2 is 1.93 bits per heavy atom. The minimum absolute atomic E-state index is 0.144. The third kappa shape index (κ3) is 4.99. The van der Waals surface area contributed by atoms with Crippen molar-refractivity contribution in [3.63, 3.8) is 0 Å². The molecule has 1 amide bonds. The maximum Gasteiger partial charge on any atom is 0.271 e. The first-order valence-corrected chi connectivity index (χ1v) is 9.84. The van der Waals surface area contributed by atoms with Crippen molar-refractivity contribution in [1.29, 1.82) is 0 Å². The molecule has 5 nitrogen and oxygen atoms in total. The van der Waals surface area contributed by atoms with Crippen LogP contribution < -0.4 is 10.1 Å². The van der Waals surface area contributed by atoms with Crippen LogP contribution in [0.5, 0.6) is 5.88 Å². The molecule has 1 atom stereocenters. The lowest BCUT2D eigenvalue weighted by molar-refractivity contribution is 0.0932. The number of aryl methyl sites for hydroxylation is 1. The summed E-state index contributed by atoms with van der Waals surface area (Å²) in [7, 11) is 0. The average Bonchev–Trinajstić information content (AvgIpc) is 3.19. The molecule has 1 aromatic carbocycles. The highest BCUT2D eigenvalue weighted by molar-refractivity contribution is 6.33. The first-order chi connectivity index (χ1) is 13.1. The van der Waals surface area contributed by atoms with E-state index in [9.17, 15) is 4.79 Å². The molecule has 1 saturated heterocycles. The molecule has 1 unspecified atom stereocenters. The maximum atomic E-state index is 12.7. The van der Waals surface area contributed by atoms with Crippen molar-refractivity contribution in [2.24, 2.45) is 0 Å². The molecule has 1 aromatic heterocycles. The highest BCUT2D eigenvalue weighted by atomic mass is 35.5. The Morgan fingerprint density at radius 3 is 2.59 bits per heavy atom. The second-order valence-corrected chi connectivity index (χ2v) is 7.20. The van der Waals surface area contributed by atoms with Crippen molar-refractivity contribution in [1.82, 2.24) is 15.2 Å². The van der Waals surface area contributed by atoms with E-state index >= 15 is 0 Å². The van der Waals surface area contributed by atoms with Gasteiger partial charge in [-0.2, -0.15) is 0 Å². The molecule has 0 radical (unpaired) electrons. The van der Waals surface area contributed by atoms with E-state index < -0.39 is 0 Å². The summed E-state index contributed by atoms with van der Waals surface area (Å²) in [6.45, 7) is 7.05. The third-order valence-electron chi connectivity index (χ3n) is 4.83. The van der Waals surface area contributed by atoms with Crippen LogP contribution in [0.25, 0.3) is 0 Å². The van der Waals surface area contributed by atoms with Gasteiger partial charge in [-0.05, 0) is 51.4 Å². The number of ether oxygens (including phenoxy) is 1. The number of aromatic nitrogens is 1. The van der Waals surface area contributed by atoms with Crippen LogP contribution in [0.1, 0.15) is 47.4 Å². The highest BCUT2D eigenvalue weighted by Crippen LogP contribution is 2.25. The quantitative estimate of drug-likeness (QED) is 0.779. The van der Waals surface area contributed by atoms with Crippen LogP contribution in [0.3, 0.4) is 0 Å². The molecule has 1 N–H and O–H groups in total. The van der Waals surface area contributed by atoms with Gasteiger partial charge in [-0.15, -0.1) is 0 Å². The summed E-state index contributed by atoms with van der Waals surface area (Å²) in [4.78, 5) is 19.4. The number of amides is 1. The minimum Gasteiger partial charge on any atom is -0.478 e. The Bertz CT molecular complexity index is 773. The second-order valence-electron chi connectivity index (χ2n) is 6.79. The van der Waals surface area contributed by atoms with E-state index in [-0.39, 0.29) is 17.6 Å². The van der Waals surface area contributed by atoms with Gasteiger partial charge < -0.3 is 10.1 Å². The van der Waals surface area contributed by atoms with E-state index in [0.29, 0.717) is 24.1 Å². The number of pyridine rings is 1. The lowest BCUT2D eigenvalue weighted by Crippen LogP contribution is -2.37. The molecular formula is C21H26ClN3O2. The summed E-state index contributed by atoms with van der Waals surface area (Å²) in [5.74, 6) is 0.125. The Balaban J connectivity index is 1.74. The van der Waals surface area contributed by atoms with E-state index in [2.05, 4.69) is 46.4 Å². The van der Waals surface area contributed by atoms with Gasteiger partial charge >= 0.3 is 0 Å². The number of halogens is 1. The highest BCUT2D eigenvalue weighted by Gasteiger charge is 2.24. The van der Waals surface area contributed by atoms with Gasteiger partial charge in [0, 0.05) is 12.6 Å². The van der Waals surface area contributed by atoms with Crippen molar-refractivity contribution in [2.75, 3.05) is 26.2 Å². The van der Waals surface area contributed by atoms with Crippen molar-refractivity contribution in [3.05, 3.63) is 58.2 Å². The zero-order valence-corrected chi connectivity index (χ0v) is 16.6. The van der Waals surface area contributed by atoms with Crippen LogP contribution in [-0.4, -0.2) is 42.0 Å². The molecule has 3 rings (SSSR count). The van der Waals surface area contributed by atoms with Crippen LogP contribution in [0.2, 0.25) is 5.02 Å². The molecule has 27 heavy (non-hydrogen) atoms. The summed E-state index contributed by atoms with van der Waals surface area (Å²) in [5, 5.41) is 3.34. The average molecular weight is 388 g/mol. The van der Waals surface area contributed by atoms with Crippen molar-refractivity contribution in [3.8, 4) is 5.88 Å². The molecule has 2 heterocycles. The number of carbonyl (C=O) groups excluding carboxylic acids is 1. The fraction of sp³-hybridized carbons (Fsp3) is 0.429. The zero-order valence-electron chi connectivity index (χ0n) is 15.9. The van der Waals surface area contributed by atoms with Gasteiger partial charge in [0.2, 0.25) is 5.88 Å². The molecule has 2 aromatic rings. The van der Waals surface area contributed by atoms with Gasteiger partial charge in [0.05, 0.1) is 17.7 Å². The fourth-order valence-electron chi connectivity index (χ4n) is 3.38. The summed E-state index contributed by atoms with van der Waals surface area (Å²) < 4.78 is 5.38. The first-order valence-electron chi connectivity index (χ1n) is 9.46. The predicted molar refractivity (Wildman–Crippen MR) is 107 cm³/mol. The Labute approximate surface area is 165 Å². The van der Waals surface area contributed by atoms with Crippen molar-refractivity contribution >= 4 is 17.5 Å². The molecule has 0 bridgehead atoms. The molecule has 6 heteroatoms. The first kappa shape index (κ1) is 19.6. The van der Waals surface area contributed by atoms with Gasteiger partial charge in [-0.3, -0.25) is 9.69 Å². The largest absolute Gasteiger partial charge is 0.478 e.